The highest BCUT2D eigenvalue weighted by molar-refractivity contribution is 6.30. The molecule has 0 saturated heterocycles. The Morgan fingerprint density at radius 1 is 0.867 bits per heavy atom. The summed E-state index contributed by atoms with van der Waals surface area (Å²) in [7, 11) is 0. The molecule has 0 amide bonds. The second-order valence-electron chi connectivity index (χ2n) is 3.69. The fraction of sp³-hybridized carbons (Fsp3) is 0.571. The number of aryl methyl sites for hydroxylation is 1. The van der Waals surface area contributed by atoms with Crippen LogP contribution in [0.4, 0.5) is 0 Å². The lowest BCUT2D eigenvalue weighted by molar-refractivity contribution is 0.702. The topological polar surface area (TPSA) is 0 Å². The highest BCUT2D eigenvalue weighted by Gasteiger charge is 1.86. The van der Waals surface area contributed by atoms with E-state index < -0.39 is 0 Å². The van der Waals surface area contributed by atoms with E-state index in [1.807, 2.05) is 24.3 Å². The van der Waals surface area contributed by atoms with Gasteiger partial charge in [-0.1, -0.05) is 70.2 Å². The van der Waals surface area contributed by atoms with Crippen molar-refractivity contribution in [2.45, 2.75) is 52.9 Å². The summed E-state index contributed by atoms with van der Waals surface area (Å²) in [5, 5.41) is 0.812. The van der Waals surface area contributed by atoms with Gasteiger partial charge in [0.25, 0.3) is 0 Å². The van der Waals surface area contributed by atoms with Crippen LogP contribution in [0.15, 0.2) is 24.3 Å². The summed E-state index contributed by atoms with van der Waals surface area (Å²) in [6.45, 7) is 6.59. The van der Waals surface area contributed by atoms with Crippen molar-refractivity contribution < 1.29 is 0 Å². The third-order valence-corrected chi connectivity index (χ3v) is 2.53. The summed E-state index contributed by atoms with van der Waals surface area (Å²) in [4.78, 5) is 0. The standard InChI is InChI=1S/C8H9Cl.C6H14/c1-2-7-3-5-8(9)6-4-7;1-3-5-6-4-2/h3-6H,2H2,1H3;3-6H2,1-2H3. The zero-order valence-corrected chi connectivity index (χ0v) is 11.0. The zero-order valence-electron chi connectivity index (χ0n) is 10.2. The molecule has 0 spiro atoms. The van der Waals surface area contributed by atoms with Crippen molar-refractivity contribution in [3.63, 3.8) is 0 Å². The number of benzene rings is 1. The van der Waals surface area contributed by atoms with Crippen molar-refractivity contribution in [1.29, 1.82) is 0 Å². The van der Waals surface area contributed by atoms with E-state index in [-0.39, 0.29) is 0 Å². The minimum atomic E-state index is 0.812. The second-order valence-corrected chi connectivity index (χ2v) is 4.12. The van der Waals surface area contributed by atoms with Gasteiger partial charge in [-0.05, 0) is 24.1 Å². The molecule has 86 valence electrons. The van der Waals surface area contributed by atoms with E-state index in [1.165, 1.54) is 31.2 Å². The maximum atomic E-state index is 5.67. The van der Waals surface area contributed by atoms with E-state index in [2.05, 4.69) is 20.8 Å². The van der Waals surface area contributed by atoms with Crippen LogP contribution in [0.3, 0.4) is 0 Å². The third-order valence-electron chi connectivity index (χ3n) is 2.28. The largest absolute Gasteiger partial charge is 0.0843 e. The summed E-state index contributed by atoms with van der Waals surface area (Å²) >= 11 is 5.67. The van der Waals surface area contributed by atoms with Gasteiger partial charge in [-0.25, -0.2) is 0 Å². The molecule has 1 aromatic rings. The molecule has 0 aliphatic carbocycles. The van der Waals surface area contributed by atoms with Gasteiger partial charge in [-0.3, -0.25) is 0 Å². The normalized spacial score (nSPS) is 9.33. The summed E-state index contributed by atoms with van der Waals surface area (Å²) < 4.78 is 0. The molecular formula is C14H23Cl. The van der Waals surface area contributed by atoms with E-state index >= 15 is 0 Å². The van der Waals surface area contributed by atoms with Gasteiger partial charge in [0.1, 0.15) is 0 Å². The number of rotatable bonds is 4. The molecule has 0 aliphatic heterocycles. The Labute approximate surface area is 99.7 Å². The number of hydrogen-bond donors (Lipinski definition) is 0. The second kappa shape index (κ2) is 10.0. The minimum absolute atomic E-state index is 0.812. The van der Waals surface area contributed by atoms with Crippen LogP contribution in [-0.2, 0) is 6.42 Å². The maximum absolute atomic E-state index is 5.67. The van der Waals surface area contributed by atoms with Gasteiger partial charge in [0.05, 0.1) is 0 Å². The first-order chi connectivity index (χ1) is 7.24. The molecule has 0 nitrogen and oxygen atoms in total. The van der Waals surface area contributed by atoms with Crippen LogP contribution < -0.4 is 0 Å². The van der Waals surface area contributed by atoms with E-state index in [0.29, 0.717) is 0 Å². The fourth-order valence-corrected chi connectivity index (χ4v) is 1.35. The van der Waals surface area contributed by atoms with Crippen LogP contribution in [-0.4, -0.2) is 0 Å². The molecule has 0 N–H and O–H groups in total. The lowest BCUT2D eigenvalue weighted by Crippen LogP contribution is -1.75. The first kappa shape index (κ1) is 14.5. The Hall–Kier alpha value is -0.490. The lowest BCUT2D eigenvalue weighted by atomic mass is 10.2. The molecule has 1 aromatic carbocycles. The highest BCUT2D eigenvalue weighted by Crippen LogP contribution is 2.09. The van der Waals surface area contributed by atoms with Gasteiger partial charge >= 0.3 is 0 Å². The van der Waals surface area contributed by atoms with Crippen LogP contribution in [0.2, 0.25) is 5.02 Å². The molecular weight excluding hydrogens is 204 g/mol. The summed E-state index contributed by atoms with van der Waals surface area (Å²) in [6.07, 6.45) is 6.62. The van der Waals surface area contributed by atoms with Crippen molar-refractivity contribution in [2.24, 2.45) is 0 Å². The smallest absolute Gasteiger partial charge is 0.0406 e. The molecule has 0 heterocycles. The van der Waals surface area contributed by atoms with Gasteiger partial charge in [0.15, 0.2) is 0 Å². The van der Waals surface area contributed by atoms with Crippen LogP contribution in [0.25, 0.3) is 0 Å². The quantitative estimate of drug-likeness (QED) is 0.596. The van der Waals surface area contributed by atoms with E-state index in [9.17, 15) is 0 Å². The Bertz CT molecular complexity index is 222. The summed E-state index contributed by atoms with van der Waals surface area (Å²) in [6, 6.07) is 7.92. The van der Waals surface area contributed by atoms with Crippen molar-refractivity contribution in [1.82, 2.24) is 0 Å². The van der Waals surface area contributed by atoms with E-state index in [1.54, 1.807) is 0 Å². The average Bonchev–Trinajstić information content (AvgIpc) is 2.28. The van der Waals surface area contributed by atoms with Gasteiger partial charge in [-0.2, -0.15) is 0 Å². The van der Waals surface area contributed by atoms with Crippen LogP contribution in [0, 0.1) is 0 Å². The number of halogens is 1. The molecule has 15 heavy (non-hydrogen) atoms. The summed E-state index contributed by atoms with van der Waals surface area (Å²) in [5.41, 5.74) is 1.33. The van der Waals surface area contributed by atoms with Gasteiger partial charge in [0.2, 0.25) is 0 Å². The minimum Gasteiger partial charge on any atom is -0.0843 e. The first-order valence-corrected chi connectivity index (χ1v) is 6.36. The Balaban J connectivity index is 0.000000288. The molecule has 1 heteroatoms. The highest BCUT2D eigenvalue weighted by atomic mass is 35.5. The summed E-state index contributed by atoms with van der Waals surface area (Å²) in [5.74, 6) is 0. The van der Waals surface area contributed by atoms with E-state index in [4.69, 9.17) is 11.6 Å². The molecule has 0 radical (unpaired) electrons. The number of hydrogen-bond acceptors (Lipinski definition) is 0. The van der Waals surface area contributed by atoms with Gasteiger partial charge in [0, 0.05) is 5.02 Å². The van der Waals surface area contributed by atoms with E-state index in [0.717, 1.165) is 11.4 Å². The van der Waals surface area contributed by atoms with Crippen LogP contribution in [0.1, 0.15) is 52.0 Å². The molecule has 0 aliphatic rings. The first-order valence-electron chi connectivity index (χ1n) is 5.99. The van der Waals surface area contributed by atoms with Gasteiger partial charge < -0.3 is 0 Å². The SMILES string of the molecule is CCCCCC.CCc1ccc(Cl)cc1. The monoisotopic (exact) mass is 226 g/mol. The molecule has 0 atom stereocenters. The Morgan fingerprint density at radius 2 is 1.33 bits per heavy atom. The Morgan fingerprint density at radius 3 is 1.67 bits per heavy atom. The maximum Gasteiger partial charge on any atom is 0.0406 e. The Kier molecular flexibility index (Phi) is 9.71. The molecule has 1 rings (SSSR count). The third kappa shape index (κ3) is 8.50. The molecule has 0 fully saturated rings. The fourth-order valence-electron chi connectivity index (χ4n) is 1.22. The van der Waals surface area contributed by atoms with Crippen molar-refractivity contribution in [3.8, 4) is 0 Å². The molecule has 0 bridgehead atoms. The van der Waals surface area contributed by atoms with Crippen molar-refractivity contribution >= 4 is 11.6 Å². The van der Waals surface area contributed by atoms with Crippen LogP contribution >= 0.6 is 11.6 Å². The molecule has 0 aromatic heterocycles. The molecule has 0 saturated carbocycles. The van der Waals surface area contributed by atoms with Gasteiger partial charge in [-0.15, -0.1) is 0 Å². The average molecular weight is 227 g/mol. The molecule has 0 unspecified atom stereocenters. The van der Waals surface area contributed by atoms with Crippen molar-refractivity contribution in [3.05, 3.63) is 34.9 Å². The predicted molar refractivity (Wildman–Crippen MR) is 70.6 cm³/mol. The van der Waals surface area contributed by atoms with Crippen LogP contribution in [0.5, 0.6) is 0 Å². The zero-order chi connectivity index (χ0) is 11.5. The predicted octanol–water partition coefficient (Wildman–Crippen LogP) is 5.49. The van der Waals surface area contributed by atoms with Crippen molar-refractivity contribution in [2.75, 3.05) is 0 Å². The lowest BCUT2D eigenvalue weighted by Gasteiger charge is -1.93. The number of unbranched alkanes of at least 4 members (excludes halogenated alkanes) is 3.